The molecular formula is C22H20ClFN4. The molecule has 0 bridgehead atoms. The van der Waals surface area contributed by atoms with E-state index in [0.717, 1.165) is 16.9 Å². The zero-order valence-electron chi connectivity index (χ0n) is 15.6. The van der Waals surface area contributed by atoms with Gasteiger partial charge < -0.3 is 10.2 Å². The molecule has 1 heterocycles. The van der Waals surface area contributed by atoms with Gasteiger partial charge in [-0.1, -0.05) is 42.5 Å². The Labute approximate surface area is 169 Å². The first-order chi connectivity index (χ1) is 13.1. The molecule has 0 saturated heterocycles. The molecular weight excluding hydrogens is 375 g/mol. The molecule has 0 amide bonds. The summed E-state index contributed by atoms with van der Waals surface area (Å²) in [6, 6.07) is 22.6. The maximum atomic E-state index is 14.5. The van der Waals surface area contributed by atoms with E-state index >= 15 is 0 Å². The number of rotatable bonds is 4. The van der Waals surface area contributed by atoms with Crippen LogP contribution in [0, 0.1) is 12.7 Å². The van der Waals surface area contributed by atoms with Gasteiger partial charge in [-0.25, -0.2) is 9.37 Å². The lowest BCUT2D eigenvalue weighted by atomic mass is 10.2. The molecule has 6 heteroatoms. The van der Waals surface area contributed by atoms with Crippen LogP contribution in [0.2, 0.25) is 0 Å². The van der Waals surface area contributed by atoms with Crippen molar-refractivity contribution in [2.45, 2.75) is 6.92 Å². The van der Waals surface area contributed by atoms with Crippen molar-refractivity contribution in [3.8, 4) is 0 Å². The summed E-state index contributed by atoms with van der Waals surface area (Å²) in [6.45, 7) is 2.00. The minimum atomic E-state index is -0.370. The fourth-order valence-electron chi connectivity index (χ4n) is 3.02. The fourth-order valence-corrected chi connectivity index (χ4v) is 3.02. The van der Waals surface area contributed by atoms with Crippen molar-refractivity contribution in [3.63, 3.8) is 0 Å². The second kappa shape index (κ2) is 8.23. The highest BCUT2D eigenvalue weighted by Crippen LogP contribution is 2.31. The summed E-state index contributed by atoms with van der Waals surface area (Å²) in [4.78, 5) is 11.1. The molecule has 0 unspecified atom stereocenters. The van der Waals surface area contributed by atoms with E-state index in [2.05, 4.69) is 10.3 Å². The summed E-state index contributed by atoms with van der Waals surface area (Å²) in [5.41, 5.74) is 3.21. The third-order valence-corrected chi connectivity index (χ3v) is 4.51. The fraction of sp³-hybridized carbons (Fsp3) is 0.0909. The molecule has 0 saturated carbocycles. The summed E-state index contributed by atoms with van der Waals surface area (Å²) in [5, 5.41) is 3.89. The van der Waals surface area contributed by atoms with E-state index < -0.39 is 0 Å². The summed E-state index contributed by atoms with van der Waals surface area (Å²) < 4.78 is 14.5. The van der Waals surface area contributed by atoms with Gasteiger partial charge in [-0.05, 0) is 42.8 Å². The summed E-state index contributed by atoms with van der Waals surface area (Å²) >= 11 is 0. The van der Waals surface area contributed by atoms with Crippen molar-refractivity contribution in [1.29, 1.82) is 0 Å². The van der Waals surface area contributed by atoms with E-state index in [1.54, 1.807) is 6.07 Å². The number of nitrogens with one attached hydrogen (secondary N) is 1. The van der Waals surface area contributed by atoms with Crippen molar-refractivity contribution < 1.29 is 4.39 Å². The highest BCUT2D eigenvalue weighted by Gasteiger charge is 2.16. The third kappa shape index (κ3) is 3.75. The number of hydrogen-bond donors (Lipinski definition) is 1. The molecule has 0 fully saturated rings. The van der Waals surface area contributed by atoms with E-state index in [1.807, 2.05) is 79.5 Å². The van der Waals surface area contributed by atoms with Gasteiger partial charge in [0.2, 0.25) is 5.95 Å². The maximum Gasteiger partial charge on any atom is 0.229 e. The Kier molecular flexibility index (Phi) is 5.76. The highest BCUT2D eigenvalue weighted by atomic mass is 35.5. The van der Waals surface area contributed by atoms with Crippen molar-refractivity contribution in [1.82, 2.24) is 9.97 Å². The SMILES string of the molecule is Cc1ccccc1Nc1nc(N(C)c2ccccc2)c2cccc(F)c2n1.Cl. The van der Waals surface area contributed by atoms with Crippen LogP contribution >= 0.6 is 12.4 Å². The van der Waals surface area contributed by atoms with Gasteiger partial charge in [-0.15, -0.1) is 12.4 Å². The highest BCUT2D eigenvalue weighted by molar-refractivity contribution is 5.93. The molecule has 28 heavy (non-hydrogen) atoms. The Morgan fingerprint density at radius 1 is 0.857 bits per heavy atom. The molecule has 4 aromatic rings. The molecule has 0 radical (unpaired) electrons. The molecule has 0 aliphatic rings. The third-order valence-electron chi connectivity index (χ3n) is 4.51. The lowest BCUT2D eigenvalue weighted by Gasteiger charge is -2.21. The number of nitrogens with zero attached hydrogens (tertiary/aromatic N) is 3. The Hall–Kier alpha value is -3.18. The quantitative estimate of drug-likeness (QED) is 0.460. The number of halogens is 2. The Bertz CT molecular complexity index is 1100. The maximum absolute atomic E-state index is 14.5. The lowest BCUT2D eigenvalue weighted by molar-refractivity contribution is 0.636. The molecule has 1 N–H and O–H groups in total. The number of fused-ring (bicyclic) bond motifs is 1. The van der Waals surface area contributed by atoms with E-state index in [9.17, 15) is 4.39 Å². The largest absolute Gasteiger partial charge is 0.329 e. The van der Waals surface area contributed by atoms with Crippen LogP contribution in [0.5, 0.6) is 0 Å². The van der Waals surface area contributed by atoms with Crippen molar-refractivity contribution >= 4 is 46.5 Å². The predicted octanol–water partition coefficient (Wildman–Crippen LogP) is 6.01. The smallest absolute Gasteiger partial charge is 0.229 e. The average Bonchev–Trinajstić information content (AvgIpc) is 2.70. The molecule has 1 aromatic heterocycles. The average molecular weight is 395 g/mol. The minimum Gasteiger partial charge on any atom is -0.329 e. The lowest BCUT2D eigenvalue weighted by Crippen LogP contribution is -2.13. The first-order valence-corrected chi connectivity index (χ1v) is 8.71. The van der Waals surface area contributed by atoms with Gasteiger partial charge in [-0.3, -0.25) is 0 Å². The van der Waals surface area contributed by atoms with E-state index in [0.29, 0.717) is 22.7 Å². The number of para-hydroxylation sites is 3. The number of hydrogen-bond acceptors (Lipinski definition) is 4. The van der Waals surface area contributed by atoms with Gasteiger partial charge in [0, 0.05) is 23.8 Å². The first kappa shape index (κ1) is 19.6. The van der Waals surface area contributed by atoms with Crippen LogP contribution in [0.25, 0.3) is 10.9 Å². The standard InChI is InChI=1S/C22H19FN4.ClH/c1-15-9-6-7-14-19(15)24-22-25-20-17(12-8-13-18(20)23)21(26-22)27(2)16-10-4-3-5-11-16;/h3-14H,1-2H3,(H,24,25,26);1H. The van der Waals surface area contributed by atoms with Crippen LogP contribution in [0.1, 0.15) is 5.56 Å². The zero-order valence-corrected chi connectivity index (χ0v) is 16.4. The molecule has 0 spiro atoms. The molecule has 0 atom stereocenters. The van der Waals surface area contributed by atoms with E-state index in [4.69, 9.17) is 4.98 Å². The van der Waals surface area contributed by atoms with Crippen LogP contribution in [0.15, 0.2) is 72.8 Å². The van der Waals surface area contributed by atoms with Crippen molar-refractivity contribution in [2.24, 2.45) is 0 Å². The Morgan fingerprint density at radius 3 is 2.32 bits per heavy atom. The summed E-state index contributed by atoms with van der Waals surface area (Å²) in [6.07, 6.45) is 0. The monoisotopic (exact) mass is 394 g/mol. The van der Waals surface area contributed by atoms with Crippen LogP contribution < -0.4 is 10.2 Å². The van der Waals surface area contributed by atoms with Gasteiger partial charge in [0.05, 0.1) is 0 Å². The zero-order chi connectivity index (χ0) is 18.8. The molecule has 0 aliphatic carbocycles. The number of benzene rings is 3. The number of aryl methyl sites for hydroxylation is 1. The van der Waals surface area contributed by atoms with Gasteiger partial charge in [-0.2, -0.15) is 4.98 Å². The molecule has 3 aromatic carbocycles. The normalized spacial score (nSPS) is 10.4. The van der Waals surface area contributed by atoms with E-state index in [-0.39, 0.29) is 18.2 Å². The van der Waals surface area contributed by atoms with Gasteiger partial charge in [0.1, 0.15) is 17.2 Å². The Balaban J connectivity index is 0.00000225. The number of aromatic nitrogens is 2. The van der Waals surface area contributed by atoms with Gasteiger partial charge >= 0.3 is 0 Å². The summed E-state index contributed by atoms with van der Waals surface area (Å²) in [7, 11) is 1.92. The second-order valence-electron chi connectivity index (χ2n) is 6.34. The minimum absolute atomic E-state index is 0. The van der Waals surface area contributed by atoms with Crippen LogP contribution in [0.4, 0.5) is 27.5 Å². The Morgan fingerprint density at radius 2 is 1.57 bits per heavy atom. The van der Waals surface area contributed by atoms with Crippen molar-refractivity contribution in [3.05, 3.63) is 84.2 Å². The van der Waals surface area contributed by atoms with Crippen molar-refractivity contribution in [2.75, 3.05) is 17.3 Å². The van der Waals surface area contributed by atoms with Crippen LogP contribution in [-0.4, -0.2) is 17.0 Å². The van der Waals surface area contributed by atoms with Gasteiger partial charge in [0.25, 0.3) is 0 Å². The first-order valence-electron chi connectivity index (χ1n) is 8.71. The van der Waals surface area contributed by atoms with E-state index in [1.165, 1.54) is 6.07 Å². The summed E-state index contributed by atoms with van der Waals surface area (Å²) in [5.74, 6) is 0.631. The number of anilines is 4. The molecule has 142 valence electrons. The molecule has 0 aliphatic heterocycles. The van der Waals surface area contributed by atoms with Gasteiger partial charge in [0.15, 0.2) is 0 Å². The predicted molar refractivity (Wildman–Crippen MR) is 116 cm³/mol. The molecule has 4 nitrogen and oxygen atoms in total. The molecule has 4 rings (SSSR count). The topological polar surface area (TPSA) is 41.1 Å². The van der Waals surface area contributed by atoms with Crippen LogP contribution in [0.3, 0.4) is 0 Å². The second-order valence-corrected chi connectivity index (χ2v) is 6.34. The van der Waals surface area contributed by atoms with Crippen LogP contribution in [-0.2, 0) is 0 Å².